The van der Waals surface area contributed by atoms with Crippen molar-refractivity contribution in [1.29, 1.82) is 0 Å². The molecule has 0 radical (unpaired) electrons. The van der Waals surface area contributed by atoms with Crippen molar-refractivity contribution < 1.29 is 28.7 Å². The predicted molar refractivity (Wildman–Crippen MR) is 169 cm³/mol. The van der Waals surface area contributed by atoms with Crippen molar-refractivity contribution in [2.75, 3.05) is 30.4 Å². The smallest absolute Gasteiger partial charge is 0.294 e. The van der Waals surface area contributed by atoms with Crippen molar-refractivity contribution in [2.24, 2.45) is 0 Å². The van der Waals surface area contributed by atoms with Crippen LogP contribution in [0.3, 0.4) is 0 Å². The van der Waals surface area contributed by atoms with Crippen LogP contribution in [0.1, 0.15) is 48.9 Å². The van der Waals surface area contributed by atoms with Crippen LogP contribution < -0.4 is 20.1 Å². The molecular formula is C33H35N3O6S. The molecule has 9 nitrogen and oxygen atoms in total. The highest BCUT2D eigenvalue weighted by Gasteiger charge is 2.36. The fraction of sp³-hybridized carbons (Fsp3) is 0.273. The van der Waals surface area contributed by atoms with Crippen LogP contribution in [0.15, 0.2) is 65.6 Å². The van der Waals surface area contributed by atoms with Gasteiger partial charge >= 0.3 is 0 Å². The number of nitrogens with one attached hydrogen (secondary N) is 2. The van der Waals surface area contributed by atoms with Crippen LogP contribution in [0.2, 0.25) is 0 Å². The van der Waals surface area contributed by atoms with Gasteiger partial charge < -0.3 is 20.1 Å². The molecule has 224 valence electrons. The fourth-order valence-corrected chi connectivity index (χ4v) is 5.08. The number of benzene rings is 3. The molecule has 4 amide bonds. The summed E-state index contributed by atoms with van der Waals surface area (Å²) in [7, 11) is 0. The minimum absolute atomic E-state index is 0.183. The van der Waals surface area contributed by atoms with E-state index in [1.807, 2.05) is 51.1 Å². The lowest BCUT2D eigenvalue weighted by molar-refractivity contribution is -0.127. The molecule has 0 aliphatic carbocycles. The lowest BCUT2D eigenvalue weighted by atomic mass is 10.0. The molecule has 10 heteroatoms. The topological polar surface area (TPSA) is 114 Å². The van der Waals surface area contributed by atoms with Crippen LogP contribution in [-0.4, -0.2) is 47.6 Å². The van der Waals surface area contributed by atoms with E-state index in [1.54, 1.807) is 36.4 Å². The number of aryl methyl sites for hydroxylation is 2. The highest BCUT2D eigenvalue weighted by molar-refractivity contribution is 8.18. The first-order valence-corrected chi connectivity index (χ1v) is 14.8. The van der Waals surface area contributed by atoms with Crippen LogP contribution in [0.25, 0.3) is 6.08 Å². The highest BCUT2D eigenvalue weighted by Crippen LogP contribution is 2.35. The molecule has 0 unspecified atom stereocenters. The Labute approximate surface area is 255 Å². The van der Waals surface area contributed by atoms with Crippen molar-refractivity contribution >= 4 is 52.2 Å². The number of hydrogen-bond donors (Lipinski definition) is 2. The molecule has 0 spiro atoms. The van der Waals surface area contributed by atoms with E-state index < -0.39 is 23.6 Å². The van der Waals surface area contributed by atoms with Crippen LogP contribution in [0.5, 0.6) is 11.5 Å². The second kappa shape index (κ2) is 14.1. The molecule has 0 aromatic heterocycles. The number of thioether (sulfide) groups is 1. The number of carbonyl (C=O) groups excluding carboxylic acids is 4. The highest BCUT2D eigenvalue weighted by atomic mass is 32.2. The average molecular weight is 602 g/mol. The second-order valence-corrected chi connectivity index (χ2v) is 11.4. The molecule has 0 bridgehead atoms. The van der Waals surface area contributed by atoms with Gasteiger partial charge in [-0.05, 0) is 103 Å². The van der Waals surface area contributed by atoms with Crippen LogP contribution in [0, 0.1) is 13.8 Å². The summed E-state index contributed by atoms with van der Waals surface area (Å²) in [5.74, 6) is -0.234. The lowest BCUT2D eigenvalue weighted by Gasteiger charge is -2.14. The SMILES string of the molecule is CCOc1cc(/C=C2/SC(=O)N(CC(=O)Nc3ccc(C(C)C)cc3)C2=O)ccc1OCC(=O)Nc1ccc(C)c(C)c1. The Balaban J connectivity index is 1.38. The molecule has 3 aromatic rings. The Morgan fingerprint density at radius 2 is 1.56 bits per heavy atom. The van der Waals surface area contributed by atoms with Gasteiger partial charge in [-0.15, -0.1) is 0 Å². The molecule has 1 aliphatic rings. The third kappa shape index (κ3) is 8.26. The zero-order valence-electron chi connectivity index (χ0n) is 24.9. The van der Waals surface area contributed by atoms with Gasteiger partial charge in [-0.2, -0.15) is 0 Å². The summed E-state index contributed by atoms with van der Waals surface area (Å²) in [5.41, 5.74) is 5.21. The van der Waals surface area contributed by atoms with Crippen molar-refractivity contribution in [3.63, 3.8) is 0 Å². The summed E-state index contributed by atoms with van der Waals surface area (Å²) in [4.78, 5) is 51.8. The number of amides is 4. The molecule has 43 heavy (non-hydrogen) atoms. The molecule has 3 aromatic carbocycles. The van der Waals surface area contributed by atoms with E-state index in [9.17, 15) is 19.2 Å². The molecule has 1 aliphatic heterocycles. The van der Waals surface area contributed by atoms with Crippen LogP contribution >= 0.6 is 11.8 Å². The first-order chi connectivity index (χ1) is 20.5. The average Bonchev–Trinajstić information content (AvgIpc) is 3.22. The van der Waals surface area contributed by atoms with Crippen LogP contribution in [-0.2, 0) is 14.4 Å². The van der Waals surface area contributed by atoms with Crippen LogP contribution in [0.4, 0.5) is 16.2 Å². The number of carbonyl (C=O) groups is 4. The third-order valence-corrected chi connectivity index (χ3v) is 7.66. The van der Waals surface area contributed by atoms with E-state index in [1.165, 1.54) is 0 Å². The quantitative estimate of drug-likeness (QED) is 0.241. The van der Waals surface area contributed by atoms with E-state index in [4.69, 9.17) is 9.47 Å². The molecule has 4 rings (SSSR count). The summed E-state index contributed by atoms with van der Waals surface area (Å²) < 4.78 is 11.4. The van der Waals surface area contributed by atoms with Gasteiger partial charge in [0.1, 0.15) is 6.54 Å². The van der Waals surface area contributed by atoms with E-state index in [0.29, 0.717) is 41.0 Å². The van der Waals surface area contributed by atoms with E-state index in [0.717, 1.165) is 33.4 Å². The molecule has 1 saturated heterocycles. The minimum Gasteiger partial charge on any atom is -0.490 e. The van der Waals surface area contributed by atoms with Crippen molar-refractivity contribution in [2.45, 2.75) is 40.5 Å². The first-order valence-electron chi connectivity index (χ1n) is 14.0. The maximum Gasteiger partial charge on any atom is 0.294 e. The van der Waals surface area contributed by atoms with Crippen molar-refractivity contribution in [3.8, 4) is 11.5 Å². The van der Waals surface area contributed by atoms with Gasteiger partial charge in [-0.25, -0.2) is 0 Å². The number of imide groups is 1. The zero-order valence-corrected chi connectivity index (χ0v) is 25.7. The van der Waals surface area contributed by atoms with Crippen molar-refractivity contribution in [1.82, 2.24) is 4.90 Å². The maximum atomic E-state index is 13.0. The van der Waals surface area contributed by atoms with Gasteiger partial charge in [0.25, 0.3) is 17.1 Å². The first kappa shape index (κ1) is 31.4. The van der Waals surface area contributed by atoms with Gasteiger partial charge in [-0.3, -0.25) is 24.1 Å². The van der Waals surface area contributed by atoms with Gasteiger partial charge in [-0.1, -0.05) is 38.1 Å². The van der Waals surface area contributed by atoms with E-state index >= 15 is 0 Å². The lowest BCUT2D eigenvalue weighted by Crippen LogP contribution is -2.36. The Bertz CT molecular complexity index is 1570. The summed E-state index contributed by atoms with van der Waals surface area (Å²) in [5, 5.41) is 5.02. The molecule has 0 atom stereocenters. The van der Waals surface area contributed by atoms with Gasteiger partial charge in [0.2, 0.25) is 5.91 Å². The summed E-state index contributed by atoms with van der Waals surface area (Å²) in [6.45, 7) is 9.68. The predicted octanol–water partition coefficient (Wildman–Crippen LogP) is 6.52. The minimum atomic E-state index is -0.554. The number of anilines is 2. The molecule has 1 heterocycles. The Morgan fingerprint density at radius 1 is 0.860 bits per heavy atom. The van der Waals surface area contributed by atoms with Crippen molar-refractivity contribution in [3.05, 3.63) is 87.8 Å². The Kier molecular flexibility index (Phi) is 10.3. The van der Waals surface area contributed by atoms with E-state index in [2.05, 4.69) is 24.5 Å². The summed E-state index contributed by atoms with van der Waals surface area (Å²) in [6, 6.07) is 18.1. The molecule has 1 fully saturated rings. The van der Waals surface area contributed by atoms with Gasteiger partial charge in [0.05, 0.1) is 11.5 Å². The number of ether oxygens (including phenoxy) is 2. The third-order valence-electron chi connectivity index (χ3n) is 6.75. The monoisotopic (exact) mass is 601 g/mol. The number of hydrogen-bond acceptors (Lipinski definition) is 7. The normalized spacial score (nSPS) is 13.9. The van der Waals surface area contributed by atoms with E-state index in [-0.39, 0.29) is 17.4 Å². The molecule has 0 saturated carbocycles. The van der Waals surface area contributed by atoms with Gasteiger partial charge in [0.15, 0.2) is 18.1 Å². The summed E-state index contributed by atoms with van der Waals surface area (Å²) >= 11 is 0.764. The number of rotatable bonds is 11. The standard InChI is InChI=1S/C33H35N3O6S/c1-6-41-28-16-23(8-14-27(28)42-19-31(38)35-26-11-7-21(4)22(5)15-26)17-29-32(39)36(33(40)43-29)18-30(37)34-25-12-9-24(10-13-25)20(2)3/h7-17,20H,6,18-19H2,1-5H3,(H,34,37)(H,35,38)/b29-17+. The number of nitrogens with zero attached hydrogens (tertiary/aromatic N) is 1. The molecular weight excluding hydrogens is 566 g/mol. The van der Waals surface area contributed by atoms with Gasteiger partial charge in [0, 0.05) is 11.4 Å². The fourth-order valence-electron chi connectivity index (χ4n) is 4.24. The Hall–Kier alpha value is -4.57. The zero-order chi connectivity index (χ0) is 31.1. The largest absolute Gasteiger partial charge is 0.490 e. The molecule has 2 N–H and O–H groups in total. The maximum absolute atomic E-state index is 13.0. The Morgan fingerprint density at radius 3 is 2.23 bits per heavy atom. The summed E-state index contributed by atoms with van der Waals surface area (Å²) in [6.07, 6.45) is 1.56. The second-order valence-electron chi connectivity index (χ2n) is 10.4.